The standard InChI is InChI=1S/C16H18N6S/c1-2-5-12(6-3-1)15-19-20-16(23-15)18-10-13-9-14-11-17-7-4-8-22(14)21-13/h1-3,5-6,9,17H,4,7-8,10-11H2,(H,18,20). The normalized spacial score (nSPS) is 14.3. The van der Waals surface area contributed by atoms with E-state index in [1.807, 2.05) is 30.3 Å². The van der Waals surface area contributed by atoms with Crippen molar-refractivity contribution < 1.29 is 0 Å². The average Bonchev–Trinajstić information content (AvgIpc) is 3.16. The van der Waals surface area contributed by atoms with Gasteiger partial charge >= 0.3 is 0 Å². The smallest absolute Gasteiger partial charge is 0.206 e. The van der Waals surface area contributed by atoms with Crippen LogP contribution in [0, 0.1) is 0 Å². The largest absolute Gasteiger partial charge is 0.354 e. The minimum Gasteiger partial charge on any atom is -0.354 e. The van der Waals surface area contributed by atoms with Crippen molar-refractivity contribution >= 4 is 16.5 Å². The molecule has 1 aromatic carbocycles. The number of aryl methyl sites for hydroxylation is 1. The monoisotopic (exact) mass is 326 g/mol. The molecule has 0 spiro atoms. The number of nitrogens with zero attached hydrogens (tertiary/aromatic N) is 4. The van der Waals surface area contributed by atoms with E-state index in [0.717, 1.165) is 47.5 Å². The zero-order valence-electron chi connectivity index (χ0n) is 12.7. The number of hydrogen-bond acceptors (Lipinski definition) is 6. The molecule has 6 nitrogen and oxygen atoms in total. The molecule has 0 saturated carbocycles. The molecule has 0 aliphatic carbocycles. The Kier molecular flexibility index (Phi) is 4.04. The van der Waals surface area contributed by atoms with E-state index in [9.17, 15) is 0 Å². The molecule has 3 aromatic rings. The van der Waals surface area contributed by atoms with Crippen LogP contribution in [0.5, 0.6) is 0 Å². The lowest BCUT2D eigenvalue weighted by Crippen LogP contribution is -2.11. The summed E-state index contributed by atoms with van der Waals surface area (Å²) < 4.78 is 2.10. The predicted octanol–water partition coefficient (Wildman–Crippen LogP) is 2.51. The summed E-state index contributed by atoms with van der Waals surface area (Å²) in [7, 11) is 0. The Morgan fingerprint density at radius 2 is 2.13 bits per heavy atom. The van der Waals surface area contributed by atoms with Gasteiger partial charge in [-0.25, -0.2) is 0 Å². The van der Waals surface area contributed by atoms with Crippen molar-refractivity contribution in [3.8, 4) is 10.6 Å². The van der Waals surface area contributed by atoms with Gasteiger partial charge in [-0.2, -0.15) is 5.10 Å². The third kappa shape index (κ3) is 3.25. The van der Waals surface area contributed by atoms with Gasteiger partial charge in [0.05, 0.1) is 17.9 Å². The highest BCUT2D eigenvalue weighted by atomic mass is 32.1. The number of nitrogens with one attached hydrogen (secondary N) is 2. The topological polar surface area (TPSA) is 67.7 Å². The first kappa shape index (κ1) is 14.3. The van der Waals surface area contributed by atoms with E-state index in [0.29, 0.717) is 6.54 Å². The first-order valence-corrected chi connectivity index (χ1v) is 8.59. The molecule has 7 heteroatoms. The van der Waals surface area contributed by atoms with Crippen molar-refractivity contribution in [3.63, 3.8) is 0 Å². The van der Waals surface area contributed by atoms with Crippen molar-refractivity contribution in [2.45, 2.75) is 26.1 Å². The number of aromatic nitrogens is 4. The van der Waals surface area contributed by atoms with E-state index in [4.69, 9.17) is 0 Å². The van der Waals surface area contributed by atoms with Gasteiger partial charge in [-0.1, -0.05) is 41.7 Å². The molecule has 0 saturated heterocycles. The van der Waals surface area contributed by atoms with Crippen LogP contribution >= 0.6 is 11.3 Å². The summed E-state index contributed by atoms with van der Waals surface area (Å²) in [4.78, 5) is 0. The molecule has 1 aliphatic heterocycles. The first-order valence-electron chi connectivity index (χ1n) is 7.77. The summed E-state index contributed by atoms with van der Waals surface area (Å²) in [6.07, 6.45) is 1.12. The van der Waals surface area contributed by atoms with Gasteiger partial charge in [0.2, 0.25) is 5.13 Å². The predicted molar refractivity (Wildman–Crippen MR) is 91.2 cm³/mol. The van der Waals surface area contributed by atoms with Crippen LogP contribution in [0.3, 0.4) is 0 Å². The molecule has 2 aromatic heterocycles. The van der Waals surface area contributed by atoms with Crippen molar-refractivity contribution in [2.24, 2.45) is 0 Å². The van der Waals surface area contributed by atoms with E-state index in [2.05, 4.69) is 36.7 Å². The number of fused-ring (bicyclic) bond motifs is 1. The molecular weight excluding hydrogens is 308 g/mol. The summed E-state index contributed by atoms with van der Waals surface area (Å²) in [6.45, 7) is 3.61. The van der Waals surface area contributed by atoms with Gasteiger partial charge in [-0.05, 0) is 19.0 Å². The summed E-state index contributed by atoms with van der Waals surface area (Å²) in [6, 6.07) is 12.3. The third-order valence-corrected chi connectivity index (χ3v) is 4.74. The highest BCUT2D eigenvalue weighted by Crippen LogP contribution is 2.26. The fourth-order valence-electron chi connectivity index (χ4n) is 2.67. The van der Waals surface area contributed by atoms with Crippen molar-refractivity contribution in [1.82, 2.24) is 25.3 Å². The lowest BCUT2D eigenvalue weighted by Gasteiger charge is -2.00. The Morgan fingerprint density at radius 3 is 3.04 bits per heavy atom. The molecule has 0 fully saturated rings. The zero-order valence-corrected chi connectivity index (χ0v) is 13.5. The van der Waals surface area contributed by atoms with Crippen LogP contribution in [-0.2, 0) is 19.6 Å². The average molecular weight is 326 g/mol. The van der Waals surface area contributed by atoms with Crippen LogP contribution < -0.4 is 10.6 Å². The van der Waals surface area contributed by atoms with Crippen molar-refractivity contribution in [1.29, 1.82) is 0 Å². The lowest BCUT2D eigenvalue weighted by molar-refractivity contribution is 0.581. The molecule has 0 atom stereocenters. The second kappa shape index (κ2) is 6.47. The summed E-state index contributed by atoms with van der Waals surface area (Å²) in [5, 5.41) is 21.6. The van der Waals surface area contributed by atoms with Crippen LogP contribution in [0.1, 0.15) is 17.8 Å². The van der Waals surface area contributed by atoms with Crippen molar-refractivity contribution in [3.05, 3.63) is 47.8 Å². The number of anilines is 1. The molecule has 2 N–H and O–H groups in total. The molecule has 0 amide bonds. The molecule has 3 heterocycles. The summed E-state index contributed by atoms with van der Waals surface area (Å²) in [5.41, 5.74) is 3.39. The van der Waals surface area contributed by atoms with Crippen molar-refractivity contribution in [2.75, 3.05) is 11.9 Å². The Balaban J connectivity index is 1.43. The third-order valence-electron chi connectivity index (χ3n) is 3.81. The van der Waals surface area contributed by atoms with E-state index >= 15 is 0 Å². The van der Waals surface area contributed by atoms with E-state index < -0.39 is 0 Å². The molecule has 0 bridgehead atoms. The minimum absolute atomic E-state index is 0.670. The molecule has 0 unspecified atom stereocenters. The van der Waals surface area contributed by atoms with Gasteiger partial charge in [0, 0.05) is 18.7 Å². The molecule has 23 heavy (non-hydrogen) atoms. The zero-order chi connectivity index (χ0) is 15.5. The van der Waals surface area contributed by atoms with E-state index in [1.54, 1.807) is 11.3 Å². The number of hydrogen-bond donors (Lipinski definition) is 2. The van der Waals surface area contributed by atoms with Gasteiger partial charge in [-0.3, -0.25) is 4.68 Å². The first-order chi connectivity index (χ1) is 11.4. The fraction of sp³-hybridized carbons (Fsp3) is 0.312. The lowest BCUT2D eigenvalue weighted by atomic mass is 10.2. The SMILES string of the molecule is c1ccc(-c2nnc(NCc3cc4n(n3)CCCNC4)s2)cc1. The molecule has 118 valence electrons. The second-order valence-electron chi connectivity index (χ2n) is 5.51. The summed E-state index contributed by atoms with van der Waals surface area (Å²) >= 11 is 1.56. The Labute approximate surface area is 138 Å². The minimum atomic E-state index is 0.670. The molecular formula is C16H18N6S. The number of benzene rings is 1. The second-order valence-corrected chi connectivity index (χ2v) is 6.49. The van der Waals surface area contributed by atoms with Gasteiger partial charge in [0.25, 0.3) is 0 Å². The van der Waals surface area contributed by atoms with Crippen LogP contribution in [0.4, 0.5) is 5.13 Å². The highest BCUT2D eigenvalue weighted by Gasteiger charge is 2.11. The van der Waals surface area contributed by atoms with Gasteiger partial charge in [-0.15, -0.1) is 10.2 Å². The maximum atomic E-state index is 4.66. The molecule has 4 rings (SSSR count). The van der Waals surface area contributed by atoms with Gasteiger partial charge in [0.1, 0.15) is 5.01 Å². The summed E-state index contributed by atoms with van der Waals surface area (Å²) in [5.74, 6) is 0. The van der Waals surface area contributed by atoms with E-state index in [-0.39, 0.29) is 0 Å². The maximum absolute atomic E-state index is 4.66. The number of rotatable bonds is 4. The fourth-order valence-corrected chi connectivity index (χ4v) is 3.41. The van der Waals surface area contributed by atoms with Crippen LogP contribution in [0.25, 0.3) is 10.6 Å². The van der Waals surface area contributed by atoms with Crippen LogP contribution in [0.2, 0.25) is 0 Å². The highest BCUT2D eigenvalue weighted by molar-refractivity contribution is 7.18. The van der Waals surface area contributed by atoms with Gasteiger partial charge in [0.15, 0.2) is 0 Å². The van der Waals surface area contributed by atoms with Crippen LogP contribution in [0.15, 0.2) is 36.4 Å². The van der Waals surface area contributed by atoms with E-state index in [1.165, 1.54) is 5.69 Å². The molecule has 0 radical (unpaired) electrons. The maximum Gasteiger partial charge on any atom is 0.206 e. The Hall–Kier alpha value is -2.25. The molecule has 1 aliphatic rings. The van der Waals surface area contributed by atoms with Gasteiger partial charge < -0.3 is 10.6 Å². The quantitative estimate of drug-likeness (QED) is 0.771. The Bertz CT molecular complexity index is 755. The Morgan fingerprint density at radius 1 is 1.22 bits per heavy atom. The van der Waals surface area contributed by atoms with Crippen LogP contribution in [-0.4, -0.2) is 26.5 Å².